The van der Waals surface area contributed by atoms with Crippen LogP contribution in [0.25, 0.3) is 0 Å². The molecule has 0 aromatic heterocycles. The summed E-state index contributed by atoms with van der Waals surface area (Å²) in [4.78, 5) is 0. The number of nitrogens with one attached hydrogen (secondary N) is 3. The first-order valence-electron chi connectivity index (χ1n) is 5.33. The summed E-state index contributed by atoms with van der Waals surface area (Å²) in [6.07, 6.45) is -4.42. The highest BCUT2D eigenvalue weighted by molar-refractivity contribution is 7.90. The van der Waals surface area contributed by atoms with Crippen molar-refractivity contribution in [1.29, 1.82) is 5.41 Å². The summed E-state index contributed by atoms with van der Waals surface area (Å²) < 4.78 is 61.7. The van der Waals surface area contributed by atoms with E-state index in [-0.39, 0.29) is 17.9 Å². The third-order valence-corrected chi connectivity index (χ3v) is 3.09. The van der Waals surface area contributed by atoms with Gasteiger partial charge in [-0.05, 0) is 17.7 Å². The highest BCUT2D eigenvalue weighted by Crippen LogP contribution is 2.14. The lowest BCUT2D eigenvalue weighted by atomic mass is 10.1. The first-order valence-corrected chi connectivity index (χ1v) is 6.82. The molecular weight excluding hydrogens is 297 g/mol. The normalized spacial score (nSPS) is 12.2. The van der Waals surface area contributed by atoms with E-state index in [2.05, 4.69) is 0 Å². The molecule has 1 aromatic carbocycles. The van der Waals surface area contributed by atoms with Crippen LogP contribution in [0.2, 0.25) is 0 Å². The Morgan fingerprint density at radius 2 is 1.80 bits per heavy atom. The number of amidine groups is 1. The van der Waals surface area contributed by atoms with E-state index in [1.807, 2.05) is 4.72 Å². The molecule has 1 aromatic rings. The number of alkyl halides is 3. The number of halogens is 3. The van der Waals surface area contributed by atoms with Gasteiger partial charge in [0.25, 0.3) is 10.2 Å². The fourth-order valence-corrected chi connectivity index (χ4v) is 2.15. The molecule has 6 nitrogen and oxygen atoms in total. The molecule has 0 unspecified atom stereocenters. The largest absolute Gasteiger partial charge is 0.402 e. The van der Waals surface area contributed by atoms with E-state index in [1.165, 1.54) is 29.0 Å². The van der Waals surface area contributed by atoms with E-state index in [9.17, 15) is 21.6 Å². The van der Waals surface area contributed by atoms with Crippen LogP contribution < -0.4 is 15.2 Å². The molecule has 0 amide bonds. The number of anilines is 1. The summed E-state index contributed by atoms with van der Waals surface area (Å²) in [7, 11) is -4.29. The van der Waals surface area contributed by atoms with Gasteiger partial charge in [0.15, 0.2) is 0 Å². The molecule has 1 rings (SSSR count). The van der Waals surface area contributed by atoms with Crippen molar-refractivity contribution >= 4 is 21.7 Å². The molecular formula is C10H13F3N4O2S. The molecule has 0 radical (unpaired) electrons. The quantitative estimate of drug-likeness (QED) is 0.464. The predicted molar refractivity (Wildman–Crippen MR) is 68.7 cm³/mol. The second-order valence-corrected chi connectivity index (χ2v) is 5.44. The van der Waals surface area contributed by atoms with Crippen molar-refractivity contribution in [2.75, 3.05) is 11.3 Å². The average molecular weight is 310 g/mol. The van der Waals surface area contributed by atoms with Crippen molar-refractivity contribution in [2.45, 2.75) is 12.6 Å². The Kier molecular flexibility index (Phi) is 4.95. The van der Waals surface area contributed by atoms with Gasteiger partial charge in [0.2, 0.25) is 0 Å². The van der Waals surface area contributed by atoms with Gasteiger partial charge in [-0.15, -0.1) is 0 Å². The Bertz CT molecular complexity index is 569. The molecule has 0 saturated carbocycles. The summed E-state index contributed by atoms with van der Waals surface area (Å²) in [6.45, 7) is -1.65. The Morgan fingerprint density at radius 3 is 2.25 bits per heavy atom. The van der Waals surface area contributed by atoms with E-state index < -0.39 is 22.9 Å². The molecule has 10 heteroatoms. The highest BCUT2D eigenvalue weighted by atomic mass is 32.2. The minimum Gasteiger partial charge on any atom is -0.387 e. The van der Waals surface area contributed by atoms with Crippen LogP contribution in [0.1, 0.15) is 5.56 Å². The van der Waals surface area contributed by atoms with Crippen LogP contribution >= 0.6 is 0 Å². The van der Waals surface area contributed by atoms with Crippen molar-refractivity contribution in [1.82, 2.24) is 4.72 Å². The van der Waals surface area contributed by atoms with E-state index >= 15 is 0 Å². The summed E-state index contributed by atoms with van der Waals surface area (Å²) in [5.41, 5.74) is 5.99. The Morgan fingerprint density at radius 1 is 1.25 bits per heavy atom. The zero-order chi connectivity index (χ0) is 15.4. The maximum Gasteiger partial charge on any atom is 0.402 e. The topological polar surface area (TPSA) is 108 Å². The number of nitrogens with two attached hydrogens (primary N) is 1. The van der Waals surface area contributed by atoms with Gasteiger partial charge in [0, 0.05) is 12.1 Å². The van der Waals surface area contributed by atoms with Gasteiger partial charge >= 0.3 is 6.18 Å². The lowest BCUT2D eigenvalue weighted by Gasteiger charge is -2.11. The van der Waals surface area contributed by atoms with Crippen molar-refractivity contribution in [3.8, 4) is 0 Å². The van der Waals surface area contributed by atoms with Gasteiger partial charge in [-0.2, -0.15) is 26.3 Å². The standard InChI is InChI=1S/C10H13F3N4O2S/c11-10(12,13)6-16-20(18,19)17-8-3-1-7(2-4-8)5-9(14)15/h1-4,16-17H,5-6H2,(H3,14,15). The number of hydrogen-bond acceptors (Lipinski definition) is 3. The number of benzene rings is 1. The number of hydrogen-bond donors (Lipinski definition) is 4. The maximum atomic E-state index is 11.9. The fraction of sp³-hybridized carbons (Fsp3) is 0.300. The minimum absolute atomic E-state index is 0.0508. The zero-order valence-corrected chi connectivity index (χ0v) is 11.0. The van der Waals surface area contributed by atoms with E-state index in [4.69, 9.17) is 11.1 Å². The molecule has 0 aliphatic rings. The van der Waals surface area contributed by atoms with Crippen molar-refractivity contribution in [2.24, 2.45) is 5.73 Å². The van der Waals surface area contributed by atoms with Crippen LogP contribution in [0, 0.1) is 5.41 Å². The van der Waals surface area contributed by atoms with Crippen LogP contribution in [-0.2, 0) is 16.6 Å². The monoisotopic (exact) mass is 310 g/mol. The van der Waals surface area contributed by atoms with Gasteiger partial charge < -0.3 is 5.73 Å². The van der Waals surface area contributed by atoms with Crippen molar-refractivity contribution in [3.05, 3.63) is 29.8 Å². The van der Waals surface area contributed by atoms with Crippen LogP contribution in [0.5, 0.6) is 0 Å². The van der Waals surface area contributed by atoms with E-state index in [0.717, 1.165) is 0 Å². The molecule has 0 spiro atoms. The average Bonchev–Trinajstić information content (AvgIpc) is 2.28. The molecule has 0 aliphatic carbocycles. The Balaban J connectivity index is 2.66. The first-order chi connectivity index (χ1) is 9.07. The zero-order valence-electron chi connectivity index (χ0n) is 10.2. The van der Waals surface area contributed by atoms with Gasteiger partial charge in [-0.3, -0.25) is 10.1 Å². The Hall–Kier alpha value is -1.81. The van der Waals surface area contributed by atoms with Crippen molar-refractivity contribution in [3.63, 3.8) is 0 Å². The third kappa shape index (κ3) is 6.38. The summed E-state index contributed by atoms with van der Waals surface area (Å²) >= 11 is 0. The SMILES string of the molecule is N=C(N)Cc1ccc(NS(=O)(=O)NCC(F)(F)F)cc1. The van der Waals surface area contributed by atoms with E-state index in [0.29, 0.717) is 5.56 Å². The summed E-state index contributed by atoms with van der Waals surface area (Å²) in [5.74, 6) is -0.0508. The highest BCUT2D eigenvalue weighted by Gasteiger charge is 2.29. The minimum atomic E-state index is -4.62. The predicted octanol–water partition coefficient (Wildman–Crippen LogP) is 0.974. The summed E-state index contributed by atoms with van der Waals surface area (Å²) in [5, 5.41) is 7.09. The Labute approximate surface area is 113 Å². The maximum absolute atomic E-state index is 11.9. The fourth-order valence-electron chi connectivity index (χ4n) is 1.28. The lowest BCUT2D eigenvalue weighted by Crippen LogP contribution is -2.37. The third-order valence-electron chi connectivity index (χ3n) is 2.06. The molecule has 0 aliphatic heterocycles. The summed E-state index contributed by atoms with van der Waals surface area (Å²) in [6, 6.07) is 5.77. The molecule has 0 saturated heterocycles. The molecule has 5 N–H and O–H groups in total. The smallest absolute Gasteiger partial charge is 0.387 e. The van der Waals surface area contributed by atoms with Crippen molar-refractivity contribution < 1.29 is 21.6 Å². The van der Waals surface area contributed by atoms with Gasteiger partial charge in [0.1, 0.15) is 6.54 Å². The van der Waals surface area contributed by atoms with Gasteiger partial charge in [-0.25, -0.2) is 0 Å². The van der Waals surface area contributed by atoms with Gasteiger partial charge in [-0.1, -0.05) is 12.1 Å². The second-order valence-electron chi connectivity index (χ2n) is 3.94. The molecule has 112 valence electrons. The van der Waals surface area contributed by atoms with Crippen LogP contribution in [-0.4, -0.2) is 27.0 Å². The lowest BCUT2D eigenvalue weighted by molar-refractivity contribution is -0.121. The molecule has 0 fully saturated rings. The second kappa shape index (κ2) is 6.09. The molecule has 0 heterocycles. The number of rotatable bonds is 6. The van der Waals surface area contributed by atoms with Crippen LogP contribution in [0.4, 0.5) is 18.9 Å². The van der Waals surface area contributed by atoms with E-state index in [1.54, 1.807) is 0 Å². The molecule has 20 heavy (non-hydrogen) atoms. The van der Waals surface area contributed by atoms with Gasteiger partial charge in [0.05, 0.1) is 5.84 Å². The van der Waals surface area contributed by atoms with Crippen LogP contribution in [0.3, 0.4) is 0 Å². The molecule has 0 atom stereocenters. The van der Waals surface area contributed by atoms with Crippen LogP contribution in [0.15, 0.2) is 24.3 Å². The first kappa shape index (κ1) is 16.2. The molecule has 0 bridgehead atoms.